The summed E-state index contributed by atoms with van der Waals surface area (Å²) in [5.41, 5.74) is 0. The smallest absolute Gasteiger partial charge is 0.335 e. The zero-order valence-corrected chi connectivity index (χ0v) is 49.1. The number of hydrogen-bond donors (Lipinski definition) is 3. The molecule has 6 atom stereocenters. The van der Waals surface area contributed by atoms with Crippen molar-refractivity contribution >= 4 is 23.9 Å². The number of aliphatic hydroxyl groups is 2. The van der Waals surface area contributed by atoms with Gasteiger partial charge >= 0.3 is 23.9 Å². The lowest BCUT2D eigenvalue weighted by Crippen LogP contribution is -2.61. The molecule has 1 saturated heterocycles. The molecule has 1 aliphatic rings. The summed E-state index contributed by atoms with van der Waals surface area (Å²) in [5.74, 6) is -3.28. The van der Waals surface area contributed by atoms with Gasteiger partial charge in [-0.2, -0.15) is 0 Å². The summed E-state index contributed by atoms with van der Waals surface area (Å²) >= 11 is 0. The molecule has 1 heterocycles. The maximum absolute atomic E-state index is 13.2. The van der Waals surface area contributed by atoms with E-state index < -0.39 is 67.3 Å². The molecule has 0 aromatic rings. The number of aliphatic hydroxyl groups excluding tert-OH is 2. The van der Waals surface area contributed by atoms with Crippen molar-refractivity contribution in [1.29, 1.82) is 0 Å². The molecule has 0 amide bonds. The van der Waals surface area contributed by atoms with Crippen molar-refractivity contribution in [2.75, 3.05) is 13.2 Å². The Morgan fingerprint density at radius 1 is 0.430 bits per heavy atom. The number of aliphatic carboxylic acids is 1. The van der Waals surface area contributed by atoms with Crippen molar-refractivity contribution in [3.05, 3.63) is 122 Å². The van der Waals surface area contributed by atoms with E-state index >= 15 is 0 Å². The first-order valence-electron chi connectivity index (χ1n) is 30.5. The zero-order chi connectivity index (χ0) is 57.5. The molecule has 0 saturated carbocycles. The third kappa shape index (κ3) is 43.6. The van der Waals surface area contributed by atoms with E-state index in [1.54, 1.807) is 0 Å². The highest BCUT2D eigenvalue weighted by atomic mass is 16.7. The van der Waals surface area contributed by atoms with E-state index in [0.29, 0.717) is 25.7 Å². The Kier molecular flexibility index (Phi) is 49.1. The zero-order valence-electron chi connectivity index (χ0n) is 49.1. The highest BCUT2D eigenvalue weighted by Crippen LogP contribution is 2.26. The summed E-state index contributed by atoms with van der Waals surface area (Å²) < 4.78 is 28.3. The van der Waals surface area contributed by atoms with Gasteiger partial charge in [-0.15, -0.1) is 0 Å². The van der Waals surface area contributed by atoms with E-state index in [0.717, 1.165) is 103 Å². The molecule has 12 nitrogen and oxygen atoms in total. The van der Waals surface area contributed by atoms with Crippen LogP contribution in [-0.4, -0.2) is 89.2 Å². The van der Waals surface area contributed by atoms with Crippen molar-refractivity contribution in [3.8, 4) is 0 Å². The summed E-state index contributed by atoms with van der Waals surface area (Å²) in [6, 6.07) is 0. The SMILES string of the molecule is CC/C=C\C/C=C\C/C=C\C/C=C\CCCCCCC(=O)OC(COC(=O)CCCCCCCCCCC/C=C\C/C=C\CCCCC)COC1OC(C(=O)O)C(O)C(O)C1OC(=O)CC/C=C\C/C=C\C/C=C\C/C=C\CC. The first-order chi connectivity index (χ1) is 38.6. The number of carbonyl (C=O) groups excluding carboxylic acids is 3. The van der Waals surface area contributed by atoms with Gasteiger partial charge in [0, 0.05) is 19.3 Å². The summed E-state index contributed by atoms with van der Waals surface area (Å²) in [6.45, 7) is 5.67. The molecule has 1 rings (SSSR count). The van der Waals surface area contributed by atoms with E-state index in [1.165, 1.54) is 57.8 Å². The summed E-state index contributed by atoms with van der Waals surface area (Å²) in [7, 11) is 0. The number of carboxylic acid groups (broad SMARTS) is 1. The molecule has 0 bridgehead atoms. The van der Waals surface area contributed by atoms with Crippen molar-refractivity contribution < 1.29 is 58.2 Å². The molecule has 1 aliphatic heterocycles. The Bertz CT molecular complexity index is 1840. The topological polar surface area (TPSA) is 175 Å². The van der Waals surface area contributed by atoms with Crippen LogP contribution in [0, 0.1) is 0 Å². The summed E-state index contributed by atoms with van der Waals surface area (Å²) in [4.78, 5) is 51.2. The normalized spacial score (nSPS) is 18.7. The van der Waals surface area contributed by atoms with Crippen molar-refractivity contribution in [3.63, 3.8) is 0 Å². The average Bonchev–Trinajstić information content (AvgIpc) is 3.46. The molecule has 6 unspecified atom stereocenters. The molecule has 446 valence electrons. The predicted octanol–water partition coefficient (Wildman–Crippen LogP) is 16.0. The number of carboxylic acids is 1. The minimum atomic E-state index is -1.94. The fraction of sp³-hybridized carbons (Fsp3) is 0.642. The van der Waals surface area contributed by atoms with Gasteiger partial charge in [-0.1, -0.05) is 213 Å². The number of unbranched alkanes of at least 4 members (excludes halogenated alkanes) is 16. The number of esters is 3. The minimum Gasteiger partial charge on any atom is -0.479 e. The Morgan fingerprint density at radius 3 is 1.27 bits per heavy atom. The minimum absolute atomic E-state index is 0.0699. The lowest BCUT2D eigenvalue weighted by atomic mass is 9.98. The first-order valence-corrected chi connectivity index (χ1v) is 30.5. The monoisotopic (exact) mass is 1100 g/mol. The second-order valence-corrected chi connectivity index (χ2v) is 20.2. The largest absolute Gasteiger partial charge is 0.479 e. The van der Waals surface area contributed by atoms with Crippen LogP contribution in [0.5, 0.6) is 0 Å². The molecule has 0 aromatic carbocycles. The standard InChI is InChI=1S/C67H106O12/c1-4-7-10-13-16-19-22-25-27-29-30-32-33-36-38-41-44-47-50-53-59(68)75-56-58(77-60(69)54-51-48-45-42-40-37-34-31-28-26-23-20-17-14-11-8-5-2)57-76-67-65(63(72)62(71)64(79-67)66(73)74)78-61(70)55-52-49-46-43-39-35-24-21-18-15-12-9-6-3/h8-9,11-12,16-21,25-28,34-35,37,39,46,49,58,62-65,67,71-72H,4-7,10,13-15,22-24,29-33,36,38,40-45,47-48,50-57H2,1-3H3,(H,73,74)/b11-8-,12-9-,19-16-,20-17-,21-18-,27-25-,28-26-,37-34-,39-35-,49-46-. The van der Waals surface area contributed by atoms with Crippen LogP contribution < -0.4 is 0 Å². The van der Waals surface area contributed by atoms with Crippen LogP contribution in [0.15, 0.2) is 122 Å². The molecule has 79 heavy (non-hydrogen) atoms. The van der Waals surface area contributed by atoms with Crippen molar-refractivity contribution in [2.24, 2.45) is 0 Å². The Balaban J connectivity index is 2.73. The number of ether oxygens (including phenoxy) is 5. The molecule has 0 radical (unpaired) electrons. The Labute approximate surface area is 478 Å². The molecule has 0 spiro atoms. The fourth-order valence-electron chi connectivity index (χ4n) is 8.40. The molecule has 0 aromatic heterocycles. The fourth-order valence-corrected chi connectivity index (χ4v) is 8.40. The van der Waals surface area contributed by atoms with Crippen LogP contribution in [-0.2, 0) is 42.9 Å². The van der Waals surface area contributed by atoms with Crippen LogP contribution in [0.2, 0.25) is 0 Å². The van der Waals surface area contributed by atoms with Gasteiger partial charge in [0.2, 0.25) is 0 Å². The quantitative estimate of drug-likeness (QED) is 0.0228. The van der Waals surface area contributed by atoms with E-state index in [2.05, 4.69) is 124 Å². The van der Waals surface area contributed by atoms with Gasteiger partial charge in [0.05, 0.1) is 6.61 Å². The molecular weight excluding hydrogens is 997 g/mol. The van der Waals surface area contributed by atoms with Crippen LogP contribution in [0.4, 0.5) is 0 Å². The van der Waals surface area contributed by atoms with Gasteiger partial charge in [0.25, 0.3) is 0 Å². The van der Waals surface area contributed by atoms with E-state index in [-0.39, 0.29) is 25.9 Å². The molecule has 3 N–H and O–H groups in total. The van der Waals surface area contributed by atoms with Crippen LogP contribution in [0.25, 0.3) is 0 Å². The van der Waals surface area contributed by atoms with E-state index in [4.69, 9.17) is 23.7 Å². The van der Waals surface area contributed by atoms with Crippen molar-refractivity contribution in [2.45, 2.75) is 263 Å². The number of hydrogen-bond acceptors (Lipinski definition) is 11. The number of carbonyl (C=O) groups is 4. The van der Waals surface area contributed by atoms with Gasteiger partial charge in [-0.3, -0.25) is 14.4 Å². The van der Waals surface area contributed by atoms with Gasteiger partial charge in [0.1, 0.15) is 18.8 Å². The van der Waals surface area contributed by atoms with Crippen LogP contribution in [0.1, 0.15) is 226 Å². The lowest BCUT2D eigenvalue weighted by molar-refractivity contribution is -0.301. The molecule has 0 aliphatic carbocycles. The predicted molar refractivity (Wildman–Crippen MR) is 321 cm³/mol. The van der Waals surface area contributed by atoms with Gasteiger partial charge in [-0.05, 0) is 116 Å². The van der Waals surface area contributed by atoms with E-state index in [1.807, 2.05) is 18.2 Å². The summed E-state index contributed by atoms with van der Waals surface area (Å²) in [5, 5.41) is 31.5. The van der Waals surface area contributed by atoms with Gasteiger partial charge < -0.3 is 39.0 Å². The number of allylic oxidation sites excluding steroid dienone is 20. The van der Waals surface area contributed by atoms with Crippen molar-refractivity contribution in [1.82, 2.24) is 0 Å². The van der Waals surface area contributed by atoms with Crippen LogP contribution in [0.3, 0.4) is 0 Å². The molecule has 1 fully saturated rings. The Morgan fingerprint density at radius 2 is 0.823 bits per heavy atom. The van der Waals surface area contributed by atoms with Gasteiger partial charge in [-0.25, -0.2) is 4.79 Å². The highest BCUT2D eigenvalue weighted by molar-refractivity contribution is 5.74. The van der Waals surface area contributed by atoms with Gasteiger partial charge in [0.15, 0.2) is 24.6 Å². The Hall–Kier alpha value is -4.88. The summed E-state index contributed by atoms with van der Waals surface area (Å²) in [6.07, 6.45) is 61.8. The average molecular weight is 1100 g/mol. The second-order valence-electron chi connectivity index (χ2n) is 20.2. The third-order valence-corrected chi connectivity index (χ3v) is 13.0. The maximum atomic E-state index is 13.2. The van der Waals surface area contributed by atoms with Crippen LogP contribution >= 0.6 is 0 Å². The molecular formula is C67H106O12. The maximum Gasteiger partial charge on any atom is 0.335 e. The lowest BCUT2D eigenvalue weighted by Gasteiger charge is -2.40. The molecule has 12 heteroatoms. The third-order valence-electron chi connectivity index (χ3n) is 13.0. The second kappa shape index (κ2) is 53.7. The first kappa shape index (κ1) is 72.1. The number of rotatable bonds is 50. The highest BCUT2D eigenvalue weighted by Gasteiger charge is 2.50. The van der Waals surface area contributed by atoms with E-state index in [9.17, 15) is 34.5 Å².